The van der Waals surface area contributed by atoms with Gasteiger partial charge >= 0.3 is 6.18 Å². The van der Waals surface area contributed by atoms with Crippen LogP contribution >= 0.6 is 15.9 Å². The molecule has 0 amide bonds. The lowest BCUT2D eigenvalue weighted by molar-refractivity contribution is -0.137. The van der Waals surface area contributed by atoms with Crippen molar-refractivity contribution in [1.29, 1.82) is 0 Å². The Bertz CT molecular complexity index is 617. The molecule has 106 valence electrons. The van der Waals surface area contributed by atoms with Crippen LogP contribution in [0.15, 0.2) is 41.1 Å². The van der Waals surface area contributed by atoms with Gasteiger partial charge in [-0.05, 0) is 40.2 Å². The van der Waals surface area contributed by atoms with Crippen molar-refractivity contribution in [1.82, 2.24) is 4.98 Å². The summed E-state index contributed by atoms with van der Waals surface area (Å²) in [6.45, 7) is 0.169. The molecule has 0 aliphatic rings. The van der Waals surface area contributed by atoms with Gasteiger partial charge in [0.2, 0.25) is 0 Å². The van der Waals surface area contributed by atoms with Crippen molar-refractivity contribution in [3.05, 3.63) is 52.3 Å². The average Bonchev–Trinajstić information content (AvgIpc) is 2.36. The van der Waals surface area contributed by atoms with Crippen LogP contribution in [0.2, 0.25) is 0 Å². The average molecular weight is 347 g/mol. The molecule has 0 atom stereocenters. The lowest BCUT2D eigenvalue weighted by Gasteiger charge is -2.12. The zero-order valence-electron chi connectivity index (χ0n) is 10.1. The van der Waals surface area contributed by atoms with Crippen LogP contribution in [-0.4, -0.2) is 4.98 Å². The monoisotopic (exact) mass is 346 g/mol. The van der Waals surface area contributed by atoms with Crippen LogP contribution in [0.5, 0.6) is 5.75 Å². The van der Waals surface area contributed by atoms with Gasteiger partial charge in [0.15, 0.2) is 0 Å². The normalized spacial score (nSPS) is 11.4. The fraction of sp³-hybridized carbons (Fsp3) is 0.154. The van der Waals surface area contributed by atoms with Crippen LogP contribution in [0.25, 0.3) is 0 Å². The van der Waals surface area contributed by atoms with Gasteiger partial charge in [-0.15, -0.1) is 0 Å². The standard InChI is InChI=1S/C13H10BrF3N2O/c14-10-3-8(5-19-6-10)7-20-12-2-1-9(4-11(12)18)13(15,16)17/h1-6H,7,18H2. The highest BCUT2D eigenvalue weighted by Gasteiger charge is 2.30. The van der Waals surface area contributed by atoms with Gasteiger partial charge in [-0.3, -0.25) is 4.98 Å². The summed E-state index contributed by atoms with van der Waals surface area (Å²) in [4.78, 5) is 3.96. The predicted octanol–water partition coefficient (Wildman–Crippen LogP) is 4.02. The van der Waals surface area contributed by atoms with Crippen molar-refractivity contribution in [2.45, 2.75) is 12.8 Å². The first-order valence-corrected chi connectivity index (χ1v) is 6.34. The van der Waals surface area contributed by atoms with Crippen LogP contribution in [0.1, 0.15) is 11.1 Å². The maximum Gasteiger partial charge on any atom is 0.416 e. The third-order valence-corrected chi connectivity index (χ3v) is 2.93. The molecule has 3 nitrogen and oxygen atoms in total. The van der Waals surface area contributed by atoms with E-state index in [9.17, 15) is 13.2 Å². The van der Waals surface area contributed by atoms with Crippen LogP contribution in [-0.2, 0) is 12.8 Å². The topological polar surface area (TPSA) is 48.1 Å². The third-order valence-electron chi connectivity index (χ3n) is 2.49. The van der Waals surface area contributed by atoms with Crippen molar-refractivity contribution < 1.29 is 17.9 Å². The molecule has 2 aromatic rings. The number of nitrogen functional groups attached to an aromatic ring is 1. The van der Waals surface area contributed by atoms with E-state index >= 15 is 0 Å². The quantitative estimate of drug-likeness (QED) is 0.853. The summed E-state index contributed by atoms with van der Waals surface area (Å²) in [5.41, 5.74) is 5.49. The van der Waals surface area contributed by atoms with Gasteiger partial charge in [-0.25, -0.2) is 0 Å². The SMILES string of the molecule is Nc1cc(C(F)(F)F)ccc1OCc1cncc(Br)c1. The Hall–Kier alpha value is -1.76. The first-order valence-electron chi connectivity index (χ1n) is 5.55. The van der Waals surface area contributed by atoms with Gasteiger partial charge in [-0.1, -0.05) is 0 Å². The predicted molar refractivity (Wildman–Crippen MR) is 72.1 cm³/mol. The summed E-state index contributed by atoms with van der Waals surface area (Å²) in [6.07, 6.45) is -1.19. The molecule has 0 unspecified atom stereocenters. The zero-order valence-corrected chi connectivity index (χ0v) is 11.7. The van der Waals surface area contributed by atoms with Crippen molar-refractivity contribution >= 4 is 21.6 Å². The smallest absolute Gasteiger partial charge is 0.416 e. The first kappa shape index (κ1) is 14.6. The molecule has 2 N–H and O–H groups in total. The van der Waals surface area contributed by atoms with E-state index in [-0.39, 0.29) is 18.0 Å². The number of pyridine rings is 1. The van der Waals surface area contributed by atoms with Crippen LogP contribution in [0.3, 0.4) is 0 Å². The third kappa shape index (κ3) is 3.63. The number of ether oxygens (including phenoxy) is 1. The first-order chi connectivity index (χ1) is 9.36. The fourth-order valence-electron chi connectivity index (χ4n) is 1.55. The van der Waals surface area contributed by atoms with E-state index in [1.54, 1.807) is 18.5 Å². The summed E-state index contributed by atoms with van der Waals surface area (Å²) < 4.78 is 43.6. The highest BCUT2D eigenvalue weighted by atomic mass is 79.9. The summed E-state index contributed by atoms with van der Waals surface area (Å²) in [5, 5.41) is 0. The lowest BCUT2D eigenvalue weighted by atomic mass is 10.2. The number of halogens is 4. The Labute approximate surface area is 121 Å². The number of aromatic nitrogens is 1. The number of alkyl halides is 3. The summed E-state index contributed by atoms with van der Waals surface area (Å²) in [5.74, 6) is 0.206. The second-order valence-corrected chi connectivity index (χ2v) is 4.97. The summed E-state index contributed by atoms with van der Waals surface area (Å²) >= 11 is 3.27. The molecule has 1 aromatic heterocycles. The number of nitrogens with zero attached hydrogens (tertiary/aromatic N) is 1. The molecule has 1 heterocycles. The molecule has 2 rings (SSSR count). The minimum absolute atomic E-state index is 0.0530. The van der Waals surface area contributed by atoms with Gasteiger partial charge in [0.25, 0.3) is 0 Å². The number of hydrogen-bond acceptors (Lipinski definition) is 3. The molecule has 20 heavy (non-hydrogen) atoms. The molecule has 0 aliphatic heterocycles. The van der Waals surface area contributed by atoms with E-state index in [1.165, 1.54) is 6.07 Å². The van der Waals surface area contributed by atoms with Crippen molar-refractivity contribution in [3.8, 4) is 5.75 Å². The maximum atomic E-state index is 12.5. The van der Waals surface area contributed by atoms with Gasteiger partial charge in [0.1, 0.15) is 12.4 Å². The Morgan fingerprint density at radius 3 is 2.55 bits per heavy atom. The number of hydrogen-bond donors (Lipinski definition) is 1. The second-order valence-electron chi connectivity index (χ2n) is 4.05. The van der Waals surface area contributed by atoms with Gasteiger partial charge in [0, 0.05) is 22.4 Å². The fourth-order valence-corrected chi connectivity index (χ4v) is 1.96. The molecular formula is C13H10BrF3N2O. The van der Waals surface area contributed by atoms with Crippen molar-refractivity contribution in [3.63, 3.8) is 0 Å². The molecule has 0 radical (unpaired) electrons. The van der Waals surface area contributed by atoms with Gasteiger partial charge in [-0.2, -0.15) is 13.2 Å². The van der Waals surface area contributed by atoms with E-state index < -0.39 is 11.7 Å². The van der Waals surface area contributed by atoms with E-state index in [0.717, 1.165) is 22.2 Å². The molecule has 0 bridgehead atoms. The summed E-state index contributed by atoms with van der Waals surface area (Å²) in [7, 11) is 0. The van der Waals surface area contributed by atoms with E-state index in [2.05, 4.69) is 20.9 Å². The zero-order chi connectivity index (χ0) is 14.8. The van der Waals surface area contributed by atoms with E-state index in [1.807, 2.05) is 0 Å². The van der Waals surface area contributed by atoms with Crippen molar-refractivity contribution in [2.75, 3.05) is 5.73 Å². The van der Waals surface area contributed by atoms with Crippen molar-refractivity contribution in [2.24, 2.45) is 0 Å². The molecule has 0 saturated heterocycles. The highest BCUT2D eigenvalue weighted by Crippen LogP contribution is 2.33. The van der Waals surface area contributed by atoms with E-state index in [0.29, 0.717) is 0 Å². The van der Waals surface area contributed by atoms with Crippen LogP contribution < -0.4 is 10.5 Å². The molecule has 0 spiro atoms. The van der Waals surface area contributed by atoms with Crippen LogP contribution in [0.4, 0.5) is 18.9 Å². The highest BCUT2D eigenvalue weighted by molar-refractivity contribution is 9.10. The van der Waals surface area contributed by atoms with Gasteiger partial charge in [0.05, 0.1) is 11.3 Å². The largest absolute Gasteiger partial charge is 0.487 e. The molecule has 0 aliphatic carbocycles. The molecular weight excluding hydrogens is 337 g/mol. The molecule has 1 aromatic carbocycles. The lowest BCUT2D eigenvalue weighted by Crippen LogP contribution is -2.06. The van der Waals surface area contributed by atoms with Crippen LogP contribution in [0, 0.1) is 0 Å². The Morgan fingerprint density at radius 2 is 1.95 bits per heavy atom. The maximum absolute atomic E-state index is 12.5. The molecule has 0 fully saturated rings. The van der Waals surface area contributed by atoms with E-state index in [4.69, 9.17) is 10.5 Å². The summed E-state index contributed by atoms with van der Waals surface area (Å²) in [6, 6.07) is 4.80. The molecule has 0 saturated carbocycles. The van der Waals surface area contributed by atoms with Gasteiger partial charge < -0.3 is 10.5 Å². The minimum atomic E-state index is -4.42. The number of anilines is 1. The number of benzene rings is 1. The Balaban J connectivity index is 2.11. The number of nitrogens with two attached hydrogens (primary N) is 1. The Morgan fingerprint density at radius 1 is 1.20 bits per heavy atom. The number of rotatable bonds is 3. The molecule has 7 heteroatoms. The Kier molecular flexibility index (Phi) is 4.17. The minimum Gasteiger partial charge on any atom is -0.487 e. The second kappa shape index (κ2) is 5.70.